The molecule has 1 spiro atoms. The molecule has 2 aromatic carbocycles. The largest absolute Gasteiger partial charge is 0.346 e. The standard InChI is InChI=1S/C25H30F3N3O2/c1-18(2)29-14-12-25(13-15-29)22(33-24(27)28)23(32)30(16-19-6-4-3-5-7-19)31(25)17-20-8-10-21(26)11-9-20/h3-11,18,22,24H,12-17H2,1-2H3. The fourth-order valence-corrected chi connectivity index (χ4v) is 5.02. The molecule has 1 atom stereocenters. The van der Waals surface area contributed by atoms with Crippen molar-refractivity contribution in [1.29, 1.82) is 0 Å². The van der Waals surface area contributed by atoms with Gasteiger partial charge >= 0.3 is 6.61 Å². The highest BCUT2D eigenvalue weighted by molar-refractivity contribution is 5.84. The van der Waals surface area contributed by atoms with Crippen LogP contribution in [-0.4, -0.2) is 58.2 Å². The van der Waals surface area contributed by atoms with E-state index >= 15 is 0 Å². The second-order valence-corrected chi connectivity index (χ2v) is 9.08. The van der Waals surface area contributed by atoms with Crippen molar-refractivity contribution < 1.29 is 22.7 Å². The number of alkyl halides is 2. The minimum atomic E-state index is -3.05. The fourth-order valence-electron chi connectivity index (χ4n) is 5.02. The number of piperidine rings is 1. The van der Waals surface area contributed by atoms with Gasteiger partial charge in [-0.05, 0) is 49.9 Å². The zero-order valence-corrected chi connectivity index (χ0v) is 19.0. The van der Waals surface area contributed by atoms with Crippen LogP contribution in [0.25, 0.3) is 0 Å². The Bertz CT molecular complexity index is 932. The van der Waals surface area contributed by atoms with Gasteiger partial charge in [-0.25, -0.2) is 9.40 Å². The maximum atomic E-state index is 13.5. The van der Waals surface area contributed by atoms with Gasteiger partial charge in [0, 0.05) is 25.7 Å². The van der Waals surface area contributed by atoms with E-state index in [1.807, 2.05) is 35.3 Å². The van der Waals surface area contributed by atoms with Crippen LogP contribution in [0.5, 0.6) is 0 Å². The zero-order valence-electron chi connectivity index (χ0n) is 19.0. The summed E-state index contributed by atoms with van der Waals surface area (Å²) in [6, 6.07) is 15.8. The summed E-state index contributed by atoms with van der Waals surface area (Å²) in [6.07, 6.45) is -0.238. The highest BCUT2D eigenvalue weighted by Crippen LogP contribution is 2.43. The lowest BCUT2D eigenvalue weighted by Gasteiger charge is -2.48. The van der Waals surface area contributed by atoms with Crippen molar-refractivity contribution in [2.24, 2.45) is 0 Å². The first-order chi connectivity index (χ1) is 15.8. The molecule has 33 heavy (non-hydrogen) atoms. The quantitative estimate of drug-likeness (QED) is 0.611. The number of halogens is 3. The predicted octanol–water partition coefficient (Wildman–Crippen LogP) is 4.44. The highest BCUT2D eigenvalue weighted by atomic mass is 19.3. The van der Waals surface area contributed by atoms with Gasteiger partial charge in [0.1, 0.15) is 5.82 Å². The molecule has 2 aliphatic rings. The molecule has 0 aromatic heterocycles. The molecular formula is C25H30F3N3O2. The summed E-state index contributed by atoms with van der Waals surface area (Å²) in [5.74, 6) is -0.810. The Labute approximate surface area is 192 Å². The molecule has 2 aliphatic heterocycles. The van der Waals surface area contributed by atoms with E-state index in [1.165, 1.54) is 12.1 Å². The molecule has 0 N–H and O–H groups in total. The number of hydrogen-bond acceptors (Lipinski definition) is 4. The van der Waals surface area contributed by atoms with Gasteiger partial charge in [0.25, 0.3) is 5.91 Å². The van der Waals surface area contributed by atoms with Crippen LogP contribution >= 0.6 is 0 Å². The minimum absolute atomic E-state index is 0.250. The summed E-state index contributed by atoms with van der Waals surface area (Å²) in [4.78, 5) is 15.8. The molecule has 0 aliphatic carbocycles. The number of carbonyl (C=O) groups is 1. The summed E-state index contributed by atoms with van der Waals surface area (Å²) >= 11 is 0. The van der Waals surface area contributed by atoms with Crippen molar-refractivity contribution >= 4 is 5.91 Å². The third kappa shape index (κ3) is 4.93. The van der Waals surface area contributed by atoms with Crippen LogP contribution in [-0.2, 0) is 22.6 Å². The summed E-state index contributed by atoms with van der Waals surface area (Å²) in [5, 5.41) is 3.46. The third-order valence-electron chi connectivity index (χ3n) is 6.83. The molecule has 2 saturated heterocycles. The number of rotatable bonds is 7. The van der Waals surface area contributed by atoms with Gasteiger partial charge in [-0.1, -0.05) is 42.5 Å². The maximum Gasteiger partial charge on any atom is 0.346 e. The lowest BCUT2D eigenvalue weighted by molar-refractivity contribution is -0.193. The number of carbonyl (C=O) groups excluding carboxylic acids is 1. The normalized spacial score (nSPS) is 21.6. The van der Waals surface area contributed by atoms with Gasteiger partial charge in [0.2, 0.25) is 0 Å². The Morgan fingerprint density at radius 1 is 0.970 bits per heavy atom. The predicted molar refractivity (Wildman–Crippen MR) is 118 cm³/mol. The van der Waals surface area contributed by atoms with Gasteiger partial charge in [-0.15, -0.1) is 0 Å². The van der Waals surface area contributed by atoms with E-state index in [9.17, 15) is 18.0 Å². The molecule has 4 rings (SSSR count). The van der Waals surface area contributed by atoms with Crippen LogP contribution in [0.3, 0.4) is 0 Å². The van der Waals surface area contributed by atoms with Crippen molar-refractivity contribution in [3.63, 3.8) is 0 Å². The average Bonchev–Trinajstić information content (AvgIpc) is 2.98. The molecule has 2 aromatic rings. The molecular weight excluding hydrogens is 431 g/mol. The lowest BCUT2D eigenvalue weighted by atomic mass is 9.81. The second kappa shape index (κ2) is 9.83. The molecule has 0 bridgehead atoms. The summed E-state index contributed by atoms with van der Waals surface area (Å²) in [7, 11) is 0. The average molecular weight is 462 g/mol. The SMILES string of the molecule is CC(C)N1CCC2(CC1)C(OC(F)F)C(=O)N(Cc1ccccc1)N2Cc1ccc(F)cc1. The third-order valence-corrected chi connectivity index (χ3v) is 6.83. The van der Waals surface area contributed by atoms with Crippen LogP contribution in [0, 0.1) is 5.82 Å². The number of hydrazine groups is 1. The van der Waals surface area contributed by atoms with Gasteiger partial charge < -0.3 is 9.64 Å². The monoisotopic (exact) mass is 461 g/mol. The van der Waals surface area contributed by atoms with Crippen molar-refractivity contribution in [2.45, 2.75) is 64.1 Å². The first-order valence-corrected chi connectivity index (χ1v) is 11.3. The lowest BCUT2D eigenvalue weighted by Crippen LogP contribution is -2.60. The van der Waals surface area contributed by atoms with E-state index in [0.717, 1.165) is 11.1 Å². The van der Waals surface area contributed by atoms with E-state index in [2.05, 4.69) is 18.7 Å². The van der Waals surface area contributed by atoms with E-state index in [1.54, 1.807) is 17.1 Å². The summed E-state index contributed by atoms with van der Waals surface area (Å²) < 4.78 is 45.5. The number of likely N-dealkylation sites (tertiary alicyclic amines) is 1. The molecule has 0 radical (unpaired) electrons. The van der Waals surface area contributed by atoms with Crippen LogP contribution in [0.15, 0.2) is 54.6 Å². The van der Waals surface area contributed by atoms with E-state index in [-0.39, 0.29) is 12.4 Å². The van der Waals surface area contributed by atoms with Crippen molar-refractivity contribution in [2.75, 3.05) is 13.1 Å². The number of amides is 1. The van der Waals surface area contributed by atoms with Crippen molar-refractivity contribution in [3.8, 4) is 0 Å². The molecule has 5 nitrogen and oxygen atoms in total. The maximum absolute atomic E-state index is 13.5. The first kappa shape index (κ1) is 23.7. The Balaban J connectivity index is 1.72. The Kier molecular flexibility index (Phi) is 7.07. The smallest absolute Gasteiger partial charge is 0.307 e. The Hall–Kier alpha value is -2.42. The Morgan fingerprint density at radius 3 is 2.15 bits per heavy atom. The topological polar surface area (TPSA) is 36.0 Å². The molecule has 1 amide bonds. The van der Waals surface area contributed by atoms with E-state index < -0.39 is 24.2 Å². The molecule has 2 fully saturated rings. The van der Waals surface area contributed by atoms with Crippen LogP contribution < -0.4 is 0 Å². The Morgan fingerprint density at radius 2 is 1.58 bits per heavy atom. The van der Waals surface area contributed by atoms with Crippen molar-refractivity contribution in [1.82, 2.24) is 14.9 Å². The molecule has 8 heteroatoms. The number of benzene rings is 2. The van der Waals surface area contributed by atoms with Gasteiger partial charge in [0.05, 0.1) is 12.1 Å². The van der Waals surface area contributed by atoms with Crippen LogP contribution in [0.2, 0.25) is 0 Å². The first-order valence-electron chi connectivity index (χ1n) is 11.3. The molecule has 1 unspecified atom stereocenters. The van der Waals surface area contributed by atoms with Crippen LogP contribution in [0.4, 0.5) is 13.2 Å². The van der Waals surface area contributed by atoms with Gasteiger partial charge in [-0.3, -0.25) is 9.80 Å². The second-order valence-electron chi connectivity index (χ2n) is 9.08. The highest BCUT2D eigenvalue weighted by Gasteiger charge is 2.60. The summed E-state index contributed by atoms with van der Waals surface area (Å²) in [5.41, 5.74) is 0.787. The van der Waals surface area contributed by atoms with E-state index in [0.29, 0.717) is 38.5 Å². The van der Waals surface area contributed by atoms with Gasteiger partial charge in [0.15, 0.2) is 6.10 Å². The van der Waals surface area contributed by atoms with Crippen molar-refractivity contribution in [3.05, 3.63) is 71.5 Å². The van der Waals surface area contributed by atoms with Crippen LogP contribution in [0.1, 0.15) is 37.8 Å². The minimum Gasteiger partial charge on any atom is -0.307 e. The number of hydrogen-bond donors (Lipinski definition) is 0. The van der Waals surface area contributed by atoms with Gasteiger partial charge in [-0.2, -0.15) is 8.78 Å². The number of ether oxygens (including phenoxy) is 1. The number of nitrogens with zero attached hydrogens (tertiary/aromatic N) is 3. The molecule has 2 heterocycles. The summed E-state index contributed by atoms with van der Waals surface area (Å²) in [6.45, 7) is 3.04. The molecule has 0 saturated carbocycles. The zero-order chi connectivity index (χ0) is 23.6. The fraction of sp³-hybridized carbons (Fsp3) is 0.480. The van der Waals surface area contributed by atoms with E-state index in [4.69, 9.17) is 4.74 Å². The molecule has 178 valence electrons.